The molecular formula is C13H16BrNO2. The van der Waals surface area contributed by atoms with Gasteiger partial charge >= 0.3 is 5.97 Å². The molecule has 0 saturated heterocycles. The van der Waals surface area contributed by atoms with E-state index < -0.39 is 0 Å². The fraction of sp³-hybridized carbons (Fsp3) is 0.462. The van der Waals surface area contributed by atoms with E-state index in [1.807, 2.05) is 13.0 Å². The van der Waals surface area contributed by atoms with E-state index in [1.165, 1.54) is 18.2 Å². The Kier molecular flexibility index (Phi) is 3.84. The van der Waals surface area contributed by atoms with Crippen LogP contribution in [0.25, 0.3) is 0 Å². The van der Waals surface area contributed by atoms with Gasteiger partial charge in [0.05, 0.1) is 7.11 Å². The molecule has 0 saturated carbocycles. The van der Waals surface area contributed by atoms with Crippen molar-refractivity contribution < 1.29 is 9.53 Å². The molecule has 0 bridgehead atoms. The number of fused-ring (bicyclic) bond motifs is 1. The van der Waals surface area contributed by atoms with Crippen molar-refractivity contribution in [3.8, 4) is 0 Å². The molecule has 4 heteroatoms. The van der Waals surface area contributed by atoms with Crippen LogP contribution in [0.1, 0.15) is 30.5 Å². The van der Waals surface area contributed by atoms with E-state index in [0.717, 1.165) is 17.3 Å². The third kappa shape index (κ3) is 2.69. The van der Waals surface area contributed by atoms with E-state index in [-0.39, 0.29) is 18.1 Å². The molecule has 2 unspecified atom stereocenters. The van der Waals surface area contributed by atoms with Crippen molar-refractivity contribution >= 4 is 21.9 Å². The van der Waals surface area contributed by atoms with Crippen LogP contribution in [0.3, 0.4) is 0 Å². The maximum absolute atomic E-state index is 11.4. The van der Waals surface area contributed by atoms with Gasteiger partial charge in [0.1, 0.15) is 6.04 Å². The molecule has 2 atom stereocenters. The standard InChI is InChI=1S/C13H16BrNO2/c1-8(13(16)17-2)15-12-6-3-9-7-10(14)4-5-11(9)12/h4-5,7-8,12,15H,3,6H2,1-2H3. The predicted octanol–water partition coefficient (Wildman–Crippen LogP) is 2.59. The predicted molar refractivity (Wildman–Crippen MR) is 69.8 cm³/mol. The summed E-state index contributed by atoms with van der Waals surface area (Å²) >= 11 is 3.48. The second-order valence-corrected chi connectivity index (χ2v) is 5.26. The van der Waals surface area contributed by atoms with Crippen LogP contribution in [-0.2, 0) is 16.0 Å². The molecular weight excluding hydrogens is 282 g/mol. The first-order valence-electron chi connectivity index (χ1n) is 5.74. The van der Waals surface area contributed by atoms with Crippen molar-refractivity contribution in [2.75, 3.05) is 7.11 Å². The second-order valence-electron chi connectivity index (χ2n) is 4.35. The zero-order valence-corrected chi connectivity index (χ0v) is 11.6. The number of carbonyl (C=O) groups is 1. The smallest absolute Gasteiger partial charge is 0.322 e. The van der Waals surface area contributed by atoms with E-state index in [9.17, 15) is 4.79 Å². The quantitative estimate of drug-likeness (QED) is 0.872. The van der Waals surface area contributed by atoms with Crippen LogP contribution in [0.15, 0.2) is 22.7 Å². The average Bonchev–Trinajstić information content (AvgIpc) is 2.70. The molecule has 0 amide bonds. The van der Waals surface area contributed by atoms with Gasteiger partial charge in [-0.15, -0.1) is 0 Å². The van der Waals surface area contributed by atoms with Gasteiger partial charge in [0.25, 0.3) is 0 Å². The van der Waals surface area contributed by atoms with E-state index in [0.29, 0.717) is 0 Å². The second kappa shape index (κ2) is 5.19. The number of hydrogen-bond donors (Lipinski definition) is 1. The largest absolute Gasteiger partial charge is 0.468 e. The van der Waals surface area contributed by atoms with E-state index >= 15 is 0 Å². The Bertz CT molecular complexity index is 433. The van der Waals surface area contributed by atoms with Crippen LogP contribution in [0, 0.1) is 0 Å². The third-order valence-electron chi connectivity index (χ3n) is 3.19. The Morgan fingerprint density at radius 3 is 3.06 bits per heavy atom. The lowest BCUT2D eigenvalue weighted by molar-refractivity contribution is -0.142. The summed E-state index contributed by atoms with van der Waals surface area (Å²) in [5.74, 6) is -0.212. The minimum atomic E-state index is -0.264. The molecule has 0 heterocycles. The minimum absolute atomic E-state index is 0.212. The van der Waals surface area contributed by atoms with Crippen molar-refractivity contribution in [2.45, 2.75) is 31.8 Å². The highest BCUT2D eigenvalue weighted by atomic mass is 79.9. The molecule has 1 aliphatic rings. The van der Waals surface area contributed by atoms with Gasteiger partial charge in [-0.25, -0.2) is 0 Å². The molecule has 0 radical (unpaired) electrons. The summed E-state index contributed by atoms with van der Waals surface area (Å²) < 4.78 is 5.83. The summed E-state index contributed by atoms with van der Waals surface area (Å²) in [4.78, 5) is 11.4. The normalized spacial score (nSPS) is 19.8. The number of rotatable bonds is 3. The zero-order chi connectivity index (χ0) is 12.4. The van der Waals surface area contributed by atoms with Crippen molar-refractivity contribution in [1.29, 1.82) is 0 Å². The molecule has 1 aromatic rings. The number of carbonyl (C=O) groups excluding carboxylic acids is 1. The van der Waals surface area contributed by atoms with Crippen molar-refractivity contribution in [3.05, 3.63) is 33.8 Å². The summed E-state index contributed by atoms with van der Waals surface area (Å²) in [6, 6.07) is 6.31. The van der Waals surface area contributed by atoms with Gasteiger partial charge < -0.3 is 4.74 Å². The molecule has 0 spiro atoms. The van der Waals surface area contributed by atoms with E-state index in [2.05, 4.69) is 33.4 Å². The van der Waals surface area contributed by atoms with E-state index in [4.69, 9.17) is 4.74 Å². The van der Waals surface area contributed by atoms with Crippen LogP contribution < -0.4 is 5.32 Å². The molecule has 1 aliphatic carbocycles. The number of methoxy groups -OCH3 is 1. The van der Waals surface area contributed by atoms with E-state index in [1.54, 1.807) is 0 Å². The number of aryl methyl sites for hydroxylation is 1. The van der Waals surface area contributed by atoms with Crippen LogP contribution in [-0.4, -0.2) is 19.1 Å². The number of hydrogen-bond acceptors (Lipinski definition) is 3. The lowest BCUT2D eigenvalue weighted by Gasteiger charge is -2.18. The number of ether oxygens (including phenoxy) is 1. The van der Waals surface area contributed by atoms with Crippen molar-refractivity contribution in [1.82, 2.24) is 5.32 Å². The Morgan fingerprint density at radius 1 is 1.59 bits per heavy atom. The van der Waals surface area contributed by atoms with Gasteiger partial charge in [-0.2, -0.15) is 0 Å². The van der Waals surface area contributed by atoms with Crippen LogP contribution in [0.2, 0.25) is 0 Å². The van der Waals surface area contributed by atoms with Gasteiger partial charge in [0.2, 0.25) is 0 Å². The maximum Gasteiger partial charge on any atom is 0.322 e. The first-order chi connectivity index (χ1) is 8.11. The zero-order valence-electron chi connectivity index (χ0n) is 10.00. The van der Waals surface area contributed by atoms with Crippen molar-refractivity contribution in [3.63, 3.8) is 0 Å². The average molecular weight is 298 g/mol. The summed E-state index contributed by atoms with van der Waals surface area (Å²) in [6.45, 7) is 1.84. The van der Waals surface area contributed by atoms with Gasteiger partial charge in [-0.05, 0) is 43.0 Å². The summed E-state index contributed by atoms with van der Waals surface area (Å²) in [5, 5.41) is 3.32. The maximum atomic E-state index is 11.4. The fourth-order valence-electron chi connectivity index (χ4n) is 2.31. The Balaban J connectivity index is 2.09. The number of esters is 1. The van der Waals surface area contributed by atoms with Crippen LogP contribution in [0.4, 0.5) is 0 Å². The summed E-state index contributed by atoms with van der Waals surface area (Å²) in [7, 11) is 1.42. The minimum Gasteiger partial charge on any atom is -0.468 e. The molecule has 0 aromatic heterocycles. The molecule has 17 heavy (non-hydrogen) atoms. The monoisotopic (exact) mass is 297 g/mol. The topological polar surface area (TPSA) is 38.3 Å². The van der Waals surface area contributed by atoms with Gasteiger partial charge in [0, 0.05) is 10.5 Å². The van der Waals surface area contributed by atoms with Crippen LogP contribution in [0.5, 0.6) is 0 Å². The SMILES string of the molecule is COC(=O)C(C)NC1CCc2cc(Br)ccc21. The molecule has 1 N–H and O–H groups in total. The lowest BCUT2D eigenvalue weighted by atomic mass is 10.1. The number of nitrogens with one attached hydrogen (secondary N) is 1. The highest BCUT2D eigenvalue weighted by Crippen LogP contribution is 2.33. The molecule has 1 aromatic carbocycles. The summed E-state index contributed by atoms with van der Waals surface area (Å²) in [5.41, 5.74) is 2.65. The molecule has 3 nitrogen and oxygen atoms in total. The first kappa shape index (κ1) is 12.6. The molecule has 0 aliphatic heterocycles. The fourth-order valence-corrected chi connectivity index (χ4v) is 2.71. The molecule has 92 valence electrons. The highest BCUT2D eigenvalue weighted by Gasteiger charge is 2.25. The lowest BCUT2D eigenvalue weighted by Crippen LogP contribution is -2.36. The molecule has 0 fully saturated rings. The third-order valence-corrected chi connectivity index (χ3v) is 3.68. The Morgan fingerprint density at radius 2 is 2.35 bits per heavy atom. The van der Waals surface area contributed by atoms with Gasteiger partial charge in [-0.1, -0.05) is 22.0 Å². The van der Waals surface area contributed by atoms with Crippen molar-refractivity contribution in [2.24, 2.45) is 0 Å². The highest BCUT2D eigenvalue weighted by molar-refractivity contribution is 9.10. The Hall–Kier alpha value is -0.870. The number of halogens is 1. The molecule has 2 rings (SSSR count). The Labute approximate surface area is 110 Å². The number of benzene rings is 1. The van der Waals surface area contributed by atoms with Crippen LogP contribution >= 0.6 is 15.9 Å². The van der Waals surface area contributed by atoms with Gasteiger partial charge in [0.15, 0.2) is 0 Å². The summed E-state index contributed by atoms with van der Waals surface area (Å²) in [6.07, 6.45) is 2.09. The first-order valence-corrected chi connectivity index (χ1v) is 6.53. The van der Waals surface area contributed by atoms with Gasteiger partial charge in [-0.3, -0.25) is 10.1 Å².